The van der Waals surface area contributed by atoms with E-state index < -0.39 is 0 Å². The molecule has 1 N–H and O–H groups in total. The molecule has 1 unspecified atom stereocenters. The first-order valence-corrected chi connectivity index (χ1v) is 7.90. The largest absolute Gasteiger partial charge is 0.309 e. The third kappa shape index (κ3) is 5.14. The van der Waals surface area contributed by atoms with Gasteiger partial charge < -0.3 is 10.2 Å². The van der Waals surface area contributed by atoms with Crippen LogP contribution < -0.4 is 5.32 Å². The van der Waals surface area contributed by atoms with Crippen molar-refractivity contribution in [2.24, 2.45) is 5.92 Å². The van der Waals surface area contributed by atoms with E-state index in [0.717, 1.165) is 19.0 Å². The molecule has 0 spiro atoms. The summed E-state index contributed by atoms with van der Waals surface area (Å²) < 4.78 is 0. The Labute approximate surface area is 129 Å². The predicted molar refractivity (Wildman–Crippen MR) is 92.6 cm³/mol. The van der Waals surface area contributed by atoms with Gasteiger partial charge in [-0.25, -0.2) is 0 Å². The number of nitrogens with one attached hydrogen (secondary N) is 1. The van der Waals surface area contributed by atoms with Gasteiger partial charge in [0.2, 0.25) is 0 Å². The van der Waals surface area contributed by atoms with Crippen molar-refractivity contribution in [2.45, 2.75) is 32.9 Å². The minimum Gasteiger partial charge on any atom is -0.309 e. The molecule has 2 nitrogen and oxygen atoms in total. The minimum atomic E-state index is 0.548. The highest BCUT2D eigenvalue weighted by atomic mass is 15.1. The predicted octanol–water partition coefficient (Wildman–Crippen LogP) is 3.91. The first-order chi connectivity index (χ1) is 10.0. The Balaban J connectivity index is 2.00. The van der Waals surface area contributed by atoms with Crippen LogP contribution in [0, 0.1) is 5.92 Å². The zero-order valence-electron chi connectivity index (χ0n) is 13.8. The summed E-state index contributed by atoms with van der Waals surface area (Å²) in [7, 11) is 4.29. The lowest BCUT2D eigenvalue weighted by atomic mass is 10.0. The normalized spacial score (nSPS) is 13.2. The Morgan fingerprint density at radius 1 is 1.00 bits per heavy atom. The molecule has 0 radical (unpaired) electrons. The van der Waals surface area contributed by atoms with Crippen LogP contribution in [0.15, 0.2) is 42.5 Å². The minimum absolute atomic E-state index is 0.548. The van der Waals surface area contributed by atoms with Crippen LogP contribution in [0.2, 0.25) is 0 Å². The molecule has 21 heavy (non-hydrogen) atoms. The van der Waals surface area contributed by atoms with Crippen LogP contribution in [0.3, 0.4) is 0 Å². The molecular weight excluding hydrogens is 256 g/mol. The van der Waals surface area contributed by atoms with Crippen molar-refractivity contribution < 1.29 is 0 Å². The van der Waals surface area contributed by atoms with Gasteiger partial charge in [-0.1, -0.05) is 50.2 Å². The summed E-state index contributed by atoms with van der Waals surface area (Å²) in [4.78, 5) is 2.26. The lowest BCUT2D eigenvalue weighted by Gasteiger charge is -2.24. The number of likely N-dealkylation sites (N-methyl/N-ethyl adjacent to an activating group) is 1. The zero-order valence-corrected chi connectivity index (χ0v) is 13.8. The monoisotopic (exact) mass is 284 g/mol. The van der Waals surface area contributed by atoms with E-state index in [-0.39, 0.29) is 0 Å². The van der Waals surface area contributed by atoms with Gasteiger partial charge in [0.05, 0.1) is 0 Å². The quantitative estimate of drug-likeness (QED) is 0.829. The molecule has 1 atom stereocenters. The highest BCUT2D eigenvalue weighted by molar-refractivity contribution is 5.82. The number of fused-ring (bicyclic) bond motifs is 1. The van der Waals surface area contributed by atoms with E-state index in [4.69, 9.17) is 0 Å². The summed E-state index contributed by atoms with van der Waals surface area (Å²) in [5.74, 6) is 0.721. The molecule has 0 amide bonds. The van der Waals surface area contributed by atoms with Crippen molar-refractivity contribution in [3.05, 3.63) is 48.0 Å². The van der Waals surface area contributed by atoms with E-state index in [1.807, 2.05) is 0 Å². The molecule has 0 heterocycles. The highest BCUT2D eigenvalue weighted by Crippen LogP contribution is 2.16. The summed E-state index contributed by atoms with van der Waals surface area (Å²) in [6, 6.07) is 15.8. The Morgan fingerprint density at radius 2 is 1.71 bits per heavy atom. The van der Waals surface area contributed by atoms with Gasteiger partial charge in [-0.2, -0.15) is 0 Å². The van der Waals surface area contributed by atoms with Crippen molar-refractivity contribution in [1.82, 2.24) is 10.2 Å². The van der Waals surface area contributed by atoms with Crippen molar-refractivity contribution in [2.75, 3.05) is 20.6 Å². The van der Waals surface area contributed by atoms with Crippen LogP contribution in [-0.4, -0.2) is 31.6 Å². The number of hydrogen-bond donors (Lipinski definition) is 1. The summed E-state index contributed by atoms with van der Waals surface area (Å²) >= 11 is 0. The molecular formula is C19H28N2. The van der Waals surface area contributed by atoms with Crippen molar-refractivity contribution in [3.63, 3.8) is 0 Å². The fourth-order valence-electron chi connectivity index (χ4n) is 2.84. The van der Waals surface area contributed by atoms with E-state index in [9.17, 15) is 0 Å². The van der Waals surface area contributed by atoms with Gasteiger partial charge in [-0.3, -0.25) is 0 Å². The Hall–Kier alpha value is -1.38. The molecule has 0 aliphatic heterocycles. The van der Waals surface area contributed by atoms with Crippen LogP contribution in [0.1, 0.15) is 25.8 Å². The van der Waals surface area contributed by atoms with Gasteiger partial charge in [0.15, 0.2) is 0 Å². The molecule has 2 aromatic carbocycles. The maximum Gasteiger partial charge on any atom is 0.0208 e. The maximum absolute atomic E-state index is 3.72. The molecule has 2 rings (SSSR count). The second kappa shape index (κ2) is 7.58. The summed E-state index contributed by atoms with van der Waals surface area (Å²) in [5.41, 5.74) is 1.36. The highest BCUT2D eigenvalue weighted by Gasteiger charge is 2.11. The van der Waals surface area contributed by atoms with E-state index in [1.165, 1.54) is 22.8 Å². The molecule has 0 bridgehead atoms. The average molecular weight is 284 g/mol. The standard InChI is InChI=1S/C19H28N2/c1-15(2)11-19(14-21(3)4)20-13-16-9-10-17-7-5-6-8-18(17)12-16/h5-10,12,15,19-20H,11,13-14H2,1-4H3. The number of nitrogens with zero attached hydrogens (tertiary/aromatic N) is 1. The third-order valence-corrected chi connectivity index (χ3v) is 3.75. The Morgan fingerprint density at radius 3 is 2.38 bits per heavy atom. The zero-order chi connectivity index (χ0) is 15.2. The molecule has 2 aromatic rings. The molecule has 114 valence electrons. The number of rotatable bonds is 7. The van der Waals surface area contributed by atoms with Gasteiger partial charge in [0.1, 0.15) is 0 Å². The Bertz CT molecular complexity index is 550. The van der Waals surface area contributed by atoms with Gasteiger partial charge in [0.25, 0.3) is 0 Å². The second-order valence-corrected chi connectivity index (χ2v) is 6.65. The lowest BCUT2D eigenvalue weighted by molar-refractivity contribution is 0.305. The molecule has 0 saturated carbocycles. The van der Waals surface area contributed by atoms with Crippen LogP contribution in [0.4, 0.5) is 0 Å². The molecule has 0 fully saturated rings. The molecule has 0 aliphatic rings. The van der Waals surface area contributed by atoms with E-state index in [2.05, 4.69) is 80.6 Å². The summed E-state index contributed by atoms with van der Waals surface area (Å²) in [6.07, 6.45) is 1.21. The van der Waals surface area contributed by atoms with E-state index in [1.54, 1.807) is 0 Å². The van der Waals surface area contributed by atoms with Crippen LogP contribution >= 0.6 is 0 Å². The summed E-state index contributed by atoms with van der Waals surface area (Å²) in [6.45, 7) is 6.61. The third-order valence-electron chi connectivity index (χ3n) is 3.75. The van der Waals surface area contributed by atoms with Crippen LogP contribution in [0.5, 0.6) is 0 Å². The maximum atomic E-state index is 3.72. The SMILES string of the molecule is CC(C)CC(CN(C)C)NCc1ccc2ccccc2c1. The smallest absolute Gasteiger partial charge is 0.0208 e. The van der Waals surface area contributed by atoms with Crippen LogP contribution in [0.25, 0.3) is 10.8 Å². The fourth-order valence-corrected chi connectivity index (χ4v) is 2.84. The van der Waals surface area contributed by atoms with Gasteiger partial charge in [-0.15, -0.1) is 0 Å². The Kier molecular flexibility index (Phi) is 5.77. The lowest BCUT2D eigenvalue weighted by Crippen LogP contribution is -2.38. The van der Waals surface area contributed by atoms with Gasteiger partial charge in [0, 0.05) is 19.1 Å². The van der Waals surface area contributed by atoms with Crippen LogP contribution in [-0.2, 0) is 6.54 Å². The average Bonchev–Trinajstić information content (AvgIpc) is 2.43. The molecule has 0 saturated heterocycles. The van der Waals surface area contributed by atoms with Crippen molar-refractivity contribution >= 4 is 10.8 Å². The molecule has 2 heteroatoms. The van der Waals surface area contributed by atoms with E-state index >= 15 is 0 Å². The first-order valence-electron chi connectivity index (χ1n) is 7.90. The summed E-state index contributed by atoms with van der Waals surface area (Å²) in [5, 5.41) is 6.36. The fraction of sp³-hybridized carbons (Fsp3) is 0.474. The topological polar surface area (TPSA) is 15.3 Å². The molecule has 0 aliphatic carbocycles. The van der Waals surface area contributed by atoms with E-state index in [0.29, 0.717) is 6.04 Å². The second-order valence-electron chi connectivity index (χ2n) is 6.65. The van der Waals surface area contributed by atoms with Gasteiger partial charge >= 0.3 is 0 Å². The number of benzene rings is 2. The first kappa shape index (κ1) is 16.0. The van der Waals surface area contributed by atoms with Crippen molar-refractivity contribution in [1.29, 1.82) is 0 Å². The van der Waals surface area contributed by atoms with Gasteiger partial charge in [-0.05, 0) is 48.8 Å². The van der Waals surface area contributed by atoms with Crippen molar-refractivity contribution in [3.8, 4) is 0 Å². The molecule has 0 aromatic heterocycles. The number of hydrogen-bond acceptors (Lipinski definition) is 2.